The number of benzene rings is 1. The zero-order chi connectivity index (χ0) is 10.8. The monoisotopic (exact) mass is 207 g/mol. The van der Waals surface area contributed by atoms with Crippen LogP contribution in [0.25, 0.3) is 0 Å². The molecule has 1 heterocycles. The molecule has 1 atom stereocenters. The molecule has 1 aromatic rings. The summed E-state index contributed by atoms with van der Waals surface area (Å²) in [4.78, 5) is 10.5. The predicted molar refractivity (Wildman–Crippen MR) is 55.8 cm³/mol. The van der Waals surface area contributed by atoms with E-state index in [0.717, 1.165) is 24.2 Å². The summed E-state index contributed by atoms with van der Waals surface area (Å²) in [6, 6.07) is 5.45. The fraction of sp³-hybridized carbons (Fsp3) is 0.364. The van der Waals surface area contributed by atoms with Gasteiger partial charge in [0.25, 0.3) is 0 Å². The molecule has 4 heteroatoms. The number of nitrogen functional groups attached to an aromatic ring is 1. The molecule has 1 aliphatic heterocycles. The Kier molecular flexibility index (Phi) is 2.49. The number of fused-ring (bicyclic) bond motifs is 1. The first-order chi connectivity index (χ1) is 7.15. The van der Waals surface area contributed by atoms with Gasteiger partial charge in [-0.3, -0.25) is 4.79 Å². The highest BCUT2D eigenvalue weighted by atomic mass is 16.5. The number of carbonyl (C=O) groups is 1. The Morgan fingerprint density at radius 2 is 2.40 bits per heavy atom. The number of anilines is 1. The largest absolute Gasteiger partial charge is 0.490 e. The first-order valence-corrected chi connectivity index (χ1v) is 4.92. The zero-order valence-corrected chi connectivity index (χ0v) is 8.27. The minimum Gasteiger partial charge on any atom is -0.490 e. The Morgan fingerprint density at radius 3 is 3.13 bits per heavy atom. The van der Waals surface area contributed by atoms with Crippen molar-refractivity contribution in [2.75, 3.05) is 5.73 Å². The van der Waals surface area contributed by atoms with Crippen LogP contribution in [0.5, 0.6) is 5.75 Å². The van der Waals surface area contributed by atoms with Crippen LogP contribution in [0.4, 0.5) is 5.69 Å². The molecular formula is C11H13NO3. The fourth-order valence-electron chi connectivity index (χ4n) is 1.80. The van der Waals surface area contributed by atoms with E-state index >= 15 is 0 Å². The van der Waals surface area contributed by atoms with Gasteiger partial charge in [-0.2, -0.15) is 0 Å². The Hall–Kier alpha value is -1.71. The lowest BCUT2D eigenvalue weighted by atomic mass is 10.00. The van der Waals surface area contributed by atoms with Gasteiger partial charge in [-0.05, 0) is 36.6 Å². The van der Waals surface area contributed by atoms with Crippen LogP contribution in [0.15, 0.2) is 18.2 Å². The van der Waals surface area contributed by atoms with Gasteiger partial charge in [0.05, 0.1) is 6.42 Å². The van der Waals surface area contributed by atoms with Crippen molar-refractivity contribution in [2.45, 2.75) is 25.4 Å². The normalized spacial score (nSPS) is 19.1. The summed E-state index contributed by atoms with van der Waals surface area (Å²) in [5.41, 5.74) is 7.43. The summed E-state index contributed by atoms with van der Waals surface area (Å²) in [7, 11) is 0. The van der Waals surface area contributed by atoms with Crippen molar-refractivity contribution in [3.63, 3.8) is 0 Å². The van der Waals surface area contributed by atoms with Crippen LogP contribution in [-0.4, -0.2) is 17.2 Å². The Balaban J connectivity index is 2.13. The van der Waals surface area contributed by atoms with Gasteiger partial charge in [0, 0.05) is 5.69 Å². The Morgan fingerprint density at radius 1 is 1.60 bits per heavy atom. The number of aryl methyl sites for hydroxylation is 1. The van der Waals surface area contributed by atoms with Gasteiger partial charge in [0.2, 0.25) is 0 Å². The Bertz CT molecular complexity index is 389. The highest BCUT2D eigenvalue weighted by molar-refractivity contribution is 5.67. The van der Waals surface area contributed by atoms with Crippen molar-refractivity contribution in [3.05, 3.63) is 23.8 Å². The molecule has 0 amide bonds. The van der Waals surface area contributed by atoms with Gasteiger partial charge in [-0.25, -0.2) is 0 Å². The molecule has 1 aliphatic rings. The van der Waals surface area contributed by atoms with Crippen LogP contribution in [0, 0.1) is 0 Å². The van der Waals surface area contributed by atoms with Crippen molar-refractivity contribution in [1.29, 1.82) is 0 Å². The van der Waals surface area contributed by atoms with Gasteiger partial charge in [0.15, 0.2) is 0 Å². The number of carboxylic acids is 1. The van der Waals surface area contributed by atoms with E-state index < -0.39 is 5.97 Å². The van der Waals surface area contributed by atoms with Crippen LogP contribution in [0.3, 0.4) is 0 Å². The first-order valence-electron chi connectivity index (χ1n) is 4.92. The number of nitrogens with two attached hydrogens (primary N) is 1. The molecule has 0 unspecified atom stereocenters. The summed E-state index contributed by atoms with van der Waals surface area (Å²) in [5.74, 6) is -0.0550. The summed E-state index contributed by atoms with van der Waals surface area (Å²) >= 11 is 0. The third-order valence-electron chi connectivity index (χ3n) is 2.52. The molecule has 80 valence electrons. The fourth-order valence-corrected chi connectivity index (χ4v) is 1.80. The minimum absolute atomic E-state index is 0.0593. The van der Waals surface area contributed by atoms with Crippen molar-refractivity contribution >= 4 is 11.7 Å². The molecule has 0 aromatic heterocycles. The number of carboxylic acid groups (broad SMARTS) is 1. The molecule has 0 radical (unpaired) electrons. The summed E-state index contributed by atoms with van der Waals surface area (Å²) in [6.07, 6.45) is 1.42. The van der Waals surface area contributed by atoms with Crippen molar-refractivity contribution in [3.8, 4) is 5.75 Å². The molecular weight excluding hydrogens is 194 g/mol. The van der Waals surface area contributed by atoms with Crippen LogP contribution < -0.4 is 10.5 Å². The minimum atomic E-state index is -0.820. The van der Waals surface area contributed by atoms with Gasteiger partial charge >= 0.3 is 5.97 Å². The second-order valence-electron chi connectivity index (χ2n) is 3.74. The van der Waals surface area contributed by atoms with E-state index in [9.17, 15) is 4.79 Å². The highest BCUT2D eigenvalue weighted by Gasteiger charge is 2.21. The second kappa shape index (κ2) is 3.81. The van der Waals surface area contributed by atoms with E-state index in [2.05, 4.69) is 0 Å². The third kappa shape index (κ3) is 2.21. The van der Waals surface area contributed by atoms with Crippen LogP contribution in [-0.2, 0) is 11.2 Å². The summed E-state index contributed by atoms with van der Waals surface area (Å²) in [5, 5.41) is 8.66. The van der Waals surface area contributed by atoms with Gasteiger partial charge in [-0.1, -0.05) is 0 Å². The van der Waals surface area contributed by atoms with E-state index in [4.69, 9.17) is 15.6 Å². The second-order valence-corrected chi connectivity index (χ2v) is 3.74. The molecule has 2 rings (SSSR count). The van der Waals surface area contributed by atoms with Gasteiger partial charge < -0.3 is 15.6 Å². The first kappa shape index (κ1) is 9.83. The molecule has 0 saturated carbocycles. The maximum Gasteiger partial charge on any atom is 0.307 e. The number of aliphatic carboxylic acids is 1. The number of hydrogen-bond acceptors (Lipinski definition) is 3. The smallest absolute Gasteiger partial charge is 0.307 e. The molecule has 0 fully saturated rings. The van der Waals surface area contributed by atoms with Crippen molar-refractivity contribution < 1.29 is 14.6 Å². The average Bonchev–Trinajstić information content (AvgIpc) is 2.17. The molecule has 3 N–H and O–H groups in total. The average molecular weight is 207 g/mol. The molecule has 4 nitrogen and oxygen atoms in total. The Labute approximate surface area is 87.7 Å². The standard InChI is InChI=1S/C11H13NO3/c12-8-2-4-10-7(5-8)1-3-9(15-10)6-11(13)14/h2,4-5,9H,1,3,6,12H2,(H,13,14)/t9-/m1/s1. The zero-order valence-electron chi connectivity index (χ0n) is 8.27. The number of rotatable bonds is 2. The van der Waals surface area contributed by atoms with Crippen molar-refractivity contribution in [1.82, 2.24) is 0 Å². The van der Waals surface area contributed by atoms with Crippen LogP contribution >= 0.6 is 0 Å². The predicted octanol–water partition coefficient (Wildman–Crippen LogP) is 1.44. The van der Waals surface area contributed by atoms with Gasteiger partial charge in [-0.15, -0.1) is 0 Å². The summed E-state index contributed by atoms with van der Waals surface area (Å²) < 4.78 is 5.56. The number of ether oxygens (including phenoxy) is 1. The van der Waals surface area contributed by atoms with E-state index in [1.54, 1.807) is 12.1 Å². The highest BCUT2D eigenvalue weighted by Crippen LogP contribution is 2.30. The molecule has 0 saturated heterocycles. The molecule has 15 heavy (non-hydrogen) atoms. The van der Waals surface area contributed by atoms with Crippen molar-refractivity contribution in [2.24, 2.45) is 0 Å². The quantitative estimate of drug-likeness (QED) is 0.720. The SMILES string of the molecule is Nc1ccc2c(c1)CC[C@H](CC(=O)O)O2. The lowest BCUT2D eigenvalue weighted by molar-refractivity contribution is -0.139. The molecule has 0 bridgehead atoms. The molecule has 0 spiro atoms. The topological polar surface area (TPSA) is 72.6 Å². The maximum absolute atomic E-state index is 10.5. The molecule has 0 aliphatic carbocycles. The number of hydrogen-bond donors (Lipinski definition) is 2. The molecule has 1 aromatic carbocycles. The van der Waals surface area contributed by atoms with E-state index in [0.29, 0.717) is 5.69 Å². The summed E-state index contributed by atoms with van der Waals surface area (Å²) in [6.45, 7) is 0. The lowest BCUT2D eigenvalue weighted by Gasteiger charge is -2.25. The lowest BCUT2D eigenvalue weighted by Crippen LogP contribution is -2.25. The van der Waals surface area contributed by atoms with E-state index in [1.165, 1.54) is 0 Å². The maximum atomic E-state index is 10.5. The van der Waals surface area contributed by atoms with E-state index in [1.807, 2.05) is 6.07 Å². The van der Waals surface area contributed by atoms with Crippen LogP contribution in [0.2, 0.25) is 0 Å². The third-order valence-corrected chi connectivity index (χ3v) is 2.52. The van der Waals surface area contributed by atoms with E-state index in [-0.39, 0.29) is 12.5 Å². The van der Waals surface area contributed by atoms with Crippen LogP contribution in [0.1, 0.15) is 18.4 Å². The van der Waals surface area contributed by atoms with Gasteiger partial charge in [0.1, 0.15) is 11.9 Å².